The molecule has 4 nitrogen and oxygen atoms in total. The summed E-state index contributed by atoms with van der Waals surface area (Å²) in [5, 5.41) is 19.0. The predicted molar refractivity (Wildman–Crippen MR) is 120 cm³/mol. The van der Waals surface area contributed by atoms with E-state index in [2.05, 4.69) is 19.1 Å². The zero-order valence-electron chi connectivity index (χ0n) is 18.2. The third kappa shape index (κ3) is 13.0. The monoisotopic (exact) mass is 404 g/mol. The summed E-state index contributed by atoms with van der Waals surface area (Å²) < 4.78 is 5.16. The van der Waals surface area contributed by atoms with Crippen LogP contribution in [-0.2, 0) is 4.74 Å². The molecule has 164 valence electrons. The molecule has 0 aliphatic carbocycles. The summed E-state index contributed by atoms with van der Waals surface area (Å²) >= 11 is 0. The van der Waals surface area contributed by atoms with Crippen LogP contribution in [0.3, 0.4) is 0 Å². The molecule has 1 aromatic rings. The molecule has 0 aliphatic heterocycles. The fourth-order valence-electron chi connectivity index (χ4n) is 3.28. The molecule has 4 heteroatoms. The summed E-state index contributed by atoms with van der Waals surface area (Å²) in [7, 11) is 0. The minimum Gasteiger partial charge on any atom is -0.508 e. The first-order valence-electron chi connectivity index (χ1n) is 11.5. The topological polar surface area (TPSA) is 66.8 Å². The first-order chi connectivity index (χ1) is 14.1. The molecule has 0 aliphatic rings. The molecule has 0 saturated carbocycles. The van der Waals surface area contributed by atoms with E-state index in [-0.39, 0.29) is 17.1 Å². The number of esters is 1. The normalized spacial score (nSPS) is 11.2. The van der Waals surface area contributed by atoms with Crippen molar-refractivity contribution in [3.05, 3.63) is 35.9 Å². The first-order valence-corrected chi connectivity index (χ1v) is 11.5. The zero-order valence-corrected chi connectivity index (χ0v) is 18.2. The second-order valence-corrected chi connectivity index (χ2v) is 7.78. The summed E-state index contributed by atoms with van der Waals surface area (Å²) in [6, 6.07) is 3.84. The molecule has 0 bridgehead atoms. The standard InChI is InChI=1S/C25H40O4/c1-2-3-4-5-6-7-8-9-10-11-12-13-14-15-16-17-20-29-25(28)23-21-22(26)18-19-24(23)27/h10-11,18-19,21,26-27H,2-9,12-17,20H2,1H3/b11-10+. The summed E-state index contributed by atoms with van der Waals surface area (Å²) in [4.78, 5) is 11.9. The van der Waals surface area contributed by atoms with Crippen LogP contribution in [0.25, 0.3) is 0 Å². The summed E-state index contributed by atoms with van der Waals surface area (Å²) in [6.45, 7) is 2.60. The Morgan fingerprint density at radius 3 is 2.00 bits per heavy atom. The van der Waals surface area contributed by atoms with Crippen molar-refractivity contribution in [2.24, 2.45) is 0 Å². The maximum atomic E-state index is 11.9. The van der Waals surface area contributed by atoms with Gasteiger partial charge in [0.1, 0.15) is 17.1 Å². The van der Waals surface area contributed by atoms with E-state index >= 15 is 0 Å². The van der Waals surface area contributed by atoms with E-state index in [1.165, 1.54) is 82.4 Å². The molecule has 0 radical (unpaired) electrons. The summed E-state index contributed by atoms with van der Waals surface area (Å²) in [5.41, 5.74) is 0.00767. The van der Waals surface area contributed by atoms with E-state index in [4.69, 9.17) is 4.74 Å². The number of hydrogen-bond acceptors (Lipinski definition) is 4. The van der Waals surface area contributed by atoms with Crippen molar-refractivity contribution < 1.29 is 19.7 Å². The molecule has 29 heavy (non-hydrogen) atoms. The van der Waals surface area contributed by atoms with Gasteiger partial charge in [0.15, 0.2) is 0 Å². The van der Waals surface area contributed by atoms with Gasteiger partial charge < -0.3 is 14.9 Å². The number of benzene rings is 1. The molecular formula is C25H40O4. The molecule has 0 atom stereocenters. The van der Waals surface area contributed by atoms with Gasteiger partial charge in [-0.3, -0.25) is 0 Å². The van der Waals surface area contributed by atoms with Crippen LogP contribution in [0.15, 0.2) is 30.4 Å². The van der Waals surface area contributed by atoms with Gasteiger partial charge in [0, 0.05) is 0 Å². The van der Waals surface area contributed by atoms with Crippen LogP contribution in [0.5, 0.6) is 11.5 Å². The number of aromatic hydroxyl groups is 2. The lowest BCUT2D eigenvalue weighted by Gasteiger charge is -2.06. The zero-order chi connectivity index (χ0) is 21.2. The highest BCUT2D eigenvalue weighted by Gasteiger charge is 2.13. The fourth-order valence-corrected chi connectivity index (χ4v) is 3.28. The number of hydrogen-bond donors (Lipinski definition) is 2. The van der Waals surface area contributed by atoms with Crippen molar-refractivity contribution in [2.45, 2.75) is 96.8 Å². The van der Waals surface area contributed by atoms with Gasteiger partial charge in [-0.1, -0.05) is 76.9 Å². The highest BCUT2D eigenvalue weighted by atomic mass is 16.5. The number of allylic oxidation sites excluding steroid dienone is 2. The van der Waals surface area contributed by atoms with Crippen LogP contribution in [-0.4, -0.2) is 22.8 Å². The van der Waals surface area contributed by atoms with Crippen molar-refractivity contribution >= 4 is 5.97 Å². The number of ether oxygens (including phenoxy) is 1. The number of unbranched alkanes of at least 4 members (excludes halogenated alkanes) is 12. The number of phenols is 2. The highest BCUT2D eigenvalue weighted by Crippen LogP contribution is 2.22. The van der Waals surface area contributed by atoms with Gasteiger partial charge in [0.05, 0.1) is 6.61 Å². The number of rotatable bonds is 17. The quantitative estimate of drug-likeness (QED) is 0.124. The summed E-state index contributed by atoms with van der Waals surface area (Å²) in [5.74, 6) is -0.830. The Bertz CT molecular complexity index is 580. The maximum Gasteiger partial charge on any atom is 0.342 e. The molecule has 0 aromatic heterocycles. The van der Waals surface area contributed by atoms with Gasteiger partial charge in [-0.05, 0) is 50.3 Å². The van der Waals surface area contributed by atoms with Crippen LogP contribution in [0.1, 0.15) is 107 Å². The van der Waals surface area contributed by atoms with Crippen molar-refractivity contribution in [3.63, 3.8) is 0 Å². The number of carbonyl (C=O) groups is 1. The Morgan fingerprint density at radius 1 is 0.828 bits per heavy atom. The number of carbonyl (C=O) groups excluding carboxylic acids is 1. The minimum absolute atomic E-state index is 0.00767. The molecule has 2 N–H and O–H groups in total. The van der Waals surface area contributed by atoms with E-state index in [1.54, 1.807) is 0 Å². The van der Waals surface area contributed by atoms with Gasteiger partial charge in [-0.25, -0.2) is 4.79 Å². The molecule has 0 unspecified atom stereocenters. The van der Waals surface area contributed by atoms with Gasteiger partial charge >= 0.3 is 5.97 Å². The lowest BCUT2D eigenvalue weighted by atomic mass is 10.1. The second-order valence-electron chi connectivity index (χ2n) is 7.78. The van der Waals surface area contributed by atoms with Gasteiger partial charge in [0.25, 0.3) is 0 Å². The van der Waals surface area contributed by atoms with Crippen molar-refractivity contribution in [1.29, 1.82) is 0 Å². The fraction of sp³-hybridized carbons (Fsp3) is 0.640. The Hall–Kier alpha value is -1.97. The number of phenolic OH excluding ortho intramolecular Hbond substituents is 2. The van der Waals surface area contributed by atoms with Crippen LogP contribution < -0.4 is 0 Å². The molecule has 1 rings (SSSR count). The average molecular weight is 405 g/mol. The molecule has 0 spiro atoms. The third-order valence-corrected chi connectivity index (χ3v) is 5.09. The lowest BCUT2D eigenvalue weighted by Crippen LogP contribution is -2.06. The first kappa shape index (κ1) is 25.1. The maximum absolute atomic E-state index is 11.9. The third-order valence-electron chi connectivity index (χ3n) is 5.09. The SMILES string of the molecule is CCCCCCCCC/C=C/CCCCCCCOC(=O)c1cc(O)ccc1O. The minimum atomic E-state index is -0.593. The van der Waals surface area contributed by atoms with E-state index in [9.17, 15) is 15.0 Å². The Labute approximate surface area is 177 Å². The van der Waals surface area contributed by atoms with Crippen LogP contribution in [0.2, 0.25) is 0 Å². The Morgan fingerprint density at radius 2 is 1.38 bits per heavy atom. The second kappa shape index (κ2) is 16.9. The van der Waals surface area contributed by atoms with Gasteiger partial charge in [-0.15, -0.1) is 0 Å². The van der Waals surface area contributed by atoms with Crippen molar-refractivity contribution in [2.75, 3.05) is 6.61 Å². The average Bonchev–Trinajstić information content (AvgIpc) is 2.72. The Balaban J connectivity index is 1.90. The van der Waals surface area contributed by atoms with Crippen molar-refractivity contribution in [3.8, 4) is 11.5 Å². The van der Waals surface area contributed by atoms with Gasteiger partial charge in [-0.2, -0.15) is 0 Å². The van der Waals surface area contributed by atoms with Gasteiger partial charge in [0.2, 0.25) is 0 Å². The molecule has 0 amide bonds. The van der Waals surface area contributed by atoms with Crippen molar-refractivity contribution in [1.82, 2.24) is 0 Å². The molecule has 0 heterocycles. The summed E-state index contributed by atoms with van der Waals surface area (Å²) in [6.07, 6.45) is 22.0. The van der Waals surface area contributed by atoms with E-state index in [0.29, 0.717) is 6.61 Å². The highest BCUT2D eigenvalue weighted by molar-refractivity contribution is 5.92. The van der Waals surface area contributed by atoms with Crippen LogP contribution in [0, 0.1) is 0 Å². The van der Waals surface area contributed by atoms with Crippen LogP contribution in [0.4, 0.5) is 0 Å². The van der Waals surface area contributed by atoms with E-state index in [1.807, 2.05) is 0 Å². The molecule has 1 aromatic carbocycles. The Kier molecular flexibility index (Phi) is 14.6. The van der Waals surface area contributed by atoms with Crippen LogP contribution >= 0.6 is 0 Å². The predicted octanol–water partition coefficient (Wildman–Crippen LogP) is 7.29. The van der Waals surface area contributed by atoms with E-state index < -0.39 is 5.97 Å². The smallest absolute Gasteiger partial charge is 0.342 e. The van der Waals surface area contributed by atoms with E-state index in [0.717, 1.165) is 25.7 Å². The molecule has 0 fully saturated rings. The largest absolute Gasteiger partial charge is 0.508 e. The molecule has 0 saturated heterocycles. The lowest BCUT2D eigenvalue weighted by molar-refractivity contribution is 0.0494. The molecular weight excluding hydrogens is 364 g/mol.